The van der Waals surface area contributed by atoms with E-state index < -0.39 is 0 Å². The number of hydrogen-bond acceptors (Lipinski definition) is 3. The Morgan fingerprint density at radius 2 is 2.09 bits per heavy atom. The van der Waals surface area contributed by atoms with Crippen LogP contribution in [0.25, 0.3) is 0 Å². The molecule has 0 fully saturated rings. The van der Waals surface area contributed by atoms with E-state index in [-0.39, 0.29) is 6.10 Å². The largest absolute Gasteiger partial charge is 0.392 e. The van der Waals surface area contributed by atoms with Crippen molar-refractivity contribution in [1.29, 1.82) is 0 Å². The van der Waals surface area contributed by atoms with Crippen molar-refractivity contribution in [2.75, 3.05) is 34.2 Å². The summed E-state index contributed by atoms with van der Waals surface area (Å²) in [6, 6.07) is 0. The molecule has 68 valence electrons. The average molecular weight is 160 g/mol. The van der Waals surface area contributed by atoms with E-state index >= 15 is 0 Å². The van der Waals surface area contributed by atoms with Gasteiger partial charge in [0.05, 0.1) is 6.10 Å². The van der Waals surface area contributed by atoms with Gasteiger partial charge in [-0.05, 0) is 40.5 Å². The molecule has 0 rings (SSSR count). The molecule has 0 aromatic heterocycles. The molecule has 3 nitrogen and oxygen atoms in total. The molecule has 1 atom stereocenters. The van der Waals surface area contributed by atoms with Crippen LogP contribution in [-0.4, -0.2) is 50.3 Å². The van der Waals surface area contributed by atoms with Crippen LogP contribution in [0.3, 0.4) is 0 Å². The number of nitrogens with zero attached hydrogens (tertiary/aromatic N) is 1. The minimum absolute atomic E-state index is 0.181. The van der Waals surface area contributed by atoms with Crippen LogP contribution < -0.4 is 5.32 Å². The van der Waals surface area contributed by atoms with Gasteiger partial charge in [0.1, 0.15) is 0 Å². The van der Waals surface area contributed by atoms with Gasteiger partial charge < -0.3 is 15.3 Å². The van der Waals surface area contributed by atoms with Crippen molar-refractivity contribution >= 4 is 0 Å². The van der Waals surface area contributed by atoms with Gasteiger partial charge in [-0.1, -0.05) is 0 Å². The summed E-state index contributed by atoms with van der Waals surface area (Å²) in [4.78, 5) is 2.13. The molecule has 11 heavy (non-hydrogen) atoms. The van der Waals surface area contributed by atoms with Crippen molar-refractivity contribution in [2.45, 2.75) is 18.9 Å². The first-order valence-corrected chi connectivity index (χ1v) is 4.14. The normalized spacial score (nSPS) is 13.9. The molecule has 0 aromatic carbocycles. The summed E-state index contributed by atoms with van der Waals surface area (Å²) in [6.07, 6.45) is 1.77. The zero-order chi connectivity index (χ0) is 8.69. The van der Waals surface area contributed by atoms with Gasteiger partial charge >= 0.3 is 0 Å². The minimum atomic E-state index is -0.181. The number of nitrogens with one attached hydrogen (secondary N) is 1. The second kappa shape index (κ2) is 6.58. The third kappa shape index (κ3) is 7.78. The lowest BCUT2D eigenvalue weighted by Gasteiger charge is -2.12. The summed E-state index contributed by atoms with van der Waals surface area (Å²) >= 11 is 0. The summed E-state index contributed by atoms with van der Waals surface area (Å²) in [5, 5.41) is 12.2. The lowest BCUT2D eigenvalue weighted by molar-refractivity contribution is 0.158. The van der Waals surface area contributed by atoms with Crippen LogP contribution in [0.4, 0.5) is 0 Å². The van der Waals surface area contributed by atoms with E-state index in [1.54, 1.807) is 0 Å². The minimum Gasteiger partial charge on any atom is -0.392 e. The first kappa shape index (κ1) is 10.9. The Morgan fingerprint density at radius 1 is 1.45 bits per heavy atom. The van der Waals surface area contributed by atoms with Crippen molar-refractivity contribution in [3.05, 3.63) is 0 Å². The highest BCUT2D eigenvalue weighted by Crippen LogP contribution is 1.96. The third-order valence-corrected chi connectivity index (χ3v) is 1.58. The molecule has 0 saturated heterocycles. The van der Waals surface area contributed by atoms with Gasteiger partial charge in [-0.2, -0.15) is 0 Å². The summed E-state index contributed by atoms with van der Waals surface area (Å²) in [6.45, 7) is 1.76. The number of hydrogen-bond donors (Lipinski definition) is 2. The molecule has 0 radical (unpaired) electrons. The molecule has 0 aliphatic heterocycles. The molecule has 0 amide bonds. The number of rotatable bonds is 6. The highest BCUT2D eigenvalue weighted by atomic mass is 16.3. The second-order valence-corrected chi connectivity index (χ2v) is 3.16. The quantitative estimate of drug-likeness (QED) is 0.570. The third-order valence-electron chi connectivity index (χ3n) is 1.58. The maximum atomic E-state index is 9.28. The van der Waals surface area contributed by atoms with Crippen LogP contribution >= 0.6 is 0 Å². The van der Waals surface area contributed by atoms with Gasteiger partial charge in [0.15, 0.2) is 0 Å². The predicted molar refractivity (Wildman–Crippen MR) is 47.7 cm³/mol. The van der Waals surface area contributed by atoms with Crippen molar-refractivity contribution in [2.24, 2.45) is 0 Å². The molecule has 0 bridgehead atoms. The summed E-state index contributed by atoms with van der Waals surface area (Å²) in [5.74, 6) is 0. The zero-order valence-electron chi connectivity index (χ0n) is 7.80. The predicted octanol–water partition coefficient (Wildman–Crippen LogP) is -0.0915. The highest BCUT2D eigenvalue weighted by molar-refractivity contribution is 4.58. The van der Waals surface area contributed by atoms with Gasteiger partial charge in [0, 0.05) is 6.54 Å². The number of aliphatic hydroxyl groups excluding tert-OH is 1. The Hall–Kier alpha value is -0.120. The number of aliphatic hydroxyl groups is 1. The zero-order valence-corrected chi connectivity index (χ0v) is 7.80. The van der Waals surface area contributed by atoms with Gasteiger partial charge in [-0.3, -0.25) is 0 Å². The molecule has 0 saturated carbocycles. The monoisotopic (exact) mass is 160 g/mol. The van der Waals surface area contributed by atoms with Gasteiger partial charge in [-0.15, -0.1) is 0 Å². The van der Waals surface area contributed by atoms with Gasteiger partial charge in [-0.25, -0.2) is 0 Å². The fraction of sp³-hybridized carbons (Fsp3) is 1.00. The molecular formula is C8H20N2O. The summed E-state index contributed by atoms with van der Waals surface area (Å²) < 4.78 is 0. The first-order chi connectivity index (χ1) is 5.16. The topological polar surface area (TPSA) is 35.5 Å². The van der Waals surface area contributed by atoms with E-state index in [4.69, 9.17) is 0 Å². The smallest absolute Gasteiger partial charge is 0.0665 e. The van der Waals surface area contributed by atoms with Crippen molar-refractivity contribution < 1.29 is 5.11 Å². The van der Waals surface area contributed by atoms with E-state index in [0.29, 0.717) is 6.54 Å². The first-order valence-electron chi connectivity index (χ1n) is 4.14. The van der Waals surface area contributed by atoms with Crippen molar-refractivity contribution in [1.82, 2.24) is 10.2 Å². The lowest BCUT2D eigenvalue weighted by atomic mass is 10.2. The van der Waals surface area contributed by atoms with E-state index in [9.17, 15) is 5.11 Å². The number of likely N-dealkylation sites (N-methyl/N-ethyl adjacent to an activating group) is 1. The SMILES string of the molecule is CNCC(O)CCCN(C)C. The fourth-order valence-electron chi connectivity index (χ4n) is 0.981. The maximum absolute atomic E-state index is 9.28. The maximum Gasteiger partial charge on any atom is 0.0665 e. The van der Waals surface area contributed by atoms with E-state index in [2.05, 4.69) is 10.2 Å². The molecule has 0 aliphatic rings. The molecule has 0 aromatic rings. The van der Waals surface area contributed by atoms with Crippen LogP contribution in [0.15, 0.2) is 0 Å². The Balaban J connectivity index is 3.10. The molecular weight excluding hydrogens is 140 g/mol. The molecule has 1 unspecified atom stereocenters. The summed E-state index contributed by atoms with van der Waals surface area (Å²) in [5.41, 5.74) is 0. The summed E-state index contributed by atoms with van der Waals surface area (Å²) in [7, 11) is 5.95. The standard InChI is InChI=1S/C8H20N2O/c1-9-7-8(11)5-4-6-10(2)3/h8-9,11H,4-7H2,1-3H3. The highest BCUT2D eigenvalue weighted by Gasteiger charge is 2.01. The van der Waals surface area contributed by atoms with Crippen LogP contribution in [0.5, 0.6) is 0 Å². The van der Waals surface area contributed by atoms with Crippen LogP contribution in [0.2, 0.25) is 0 Å². The van der Waals surface area contributed by atoms with E-state index in [0.717, 1.165) is 19.4 Å². The van der Waals surface area contributed by atoms with E-state index in [1.165, 1.54) is 0 Å². The van der Waals surface area contributed by atoms with Crippen LogP contribution in [0.1, 0.15) is 12.8 Å². The second-order valence-electron chi connectivity index (χ2n) is 3.16. The molecule has 0 heterocycles. The van der Waals surface area contributed by atoms with Crippen LogP contribution in [0, 0.1) is 0 Å². The fourth-order valence-corrected chi connectivity index (χ4v) is 0.981. The Morgan fingerprint density at radius 3 is 2.55 bits per heavy atom. The molecule has 3 heteroatoms. The van der Waals surface area contributed by atoms with Crippen LogP contribution in [-0.2, 0) is 0 Å². The average Bonchev–Trinajstić information content (AvgIpc) is 1.87. The Kier molecular flexibility index (Phi) is 6.51. The van der Waals surface area contributed by atoms with E-state index in [1.807, 2.05) is 21.1 Å². The Bertz CT molecular complexity index is 86.2. The van der Waals surface area contributed by atoms with Crippen molar-refractivity contribution in [3.8, 4) is 0 Å². The molecule has 0 aliphatic carbocycles. The van der Waals surface area contributed by atoms with Gasteiger partial charge in [0.25, 0.3) is 0 Å². The molecule has 0 spiro atoms. The lowest BCUT2D eigenvalue weighted by Crippen LogP contribution is -2.24. The Labute approximate surface area is 69.4 Å². The molecule has 2 N–H and O–H groups in total. The van der Waals surface area contributed by atoms with Crippen molar-refractivity contribution in [3.63, 3.8) is 0 Å². The van der Waals surface area contributed by atoms with Gasteiger partial charge in [0.2, 0.25) is 0 Å².